The van der Waals surface area contributed by atoms with Crippen molar-refractivity contribution in [2.24, 2.45) is 0 Å². The molecular weight excluding hydrogens is 210 g/mol. The molecule has 102 valence electrons. The topological polar surface area (TPSA) is 9.72 Å². The van der Waals surface area contributed by atoms with E-state index in [9.17, 15) is 0 Å². The van der Waals surface area contributed by atoms with E-state index < -0.39 is 0 Å². The Labute approximate surface area is 108 Å². The molecule has 3 heteroatoms. The lowest BCUT2D eigenvalue weighted by molar-refractivity contribution is -0.136. The fourth-order valence-corrected chi connectivity index (χ4v) is 3.35. The number of rotatable bonds is 0. The summed E-state index contributed by atoms with van der Waals surface area (Å²) in [6, 6.07) is 0. The molecule has 1 heterocycles. The molecule has 0 aromatic carbocycles. The highest BCUT2D eigenvalue weighted by Gasteiger charge is 2.44. The fourth-order valence-electron chi connectivity index (χ4n) is 3.35. The molecule has 0 aliphatic carbocycles. The van der Waals surface area contributed by atoms with Gasteiger partial charge in [-0.3, -0.25) is 4.90 Å². The van der Waals surface area contributed by atoms with Gasteiger partial charge in [-0.25, -0.2) is 10.0 Å². The molecule has 0 N–H and O–H groups in total. The van der Waals surface area contributed by atoms with Crippen molar-refractivity contribution in [2.45, 2.75) is 64.6 Å². The van der Waals surface area contributed by atoms with Crippen LogP contribution >= 0.6 is 0 Å². The summed E-state index contributed by atoms with van der Waals surface area (Å²) in [6.07, 6.45) is 1.15. The average molecular weight is 241 g/mol. The molecule has 0 aromatic heterocycles. The molecule has 1 aliphatic heterocycles. The van der Waals surface area contributed by atoms with Crippen molar-refractivity contribution in [3.63, 3.8) is 0 Å². The van der Waals surface area contributed by atoms with Crippen molar-refractivity contribution in [1.82, 2.24) is 14.9 Å². The first kappa shape index (κ1) is 14.9. The maximum atomic E-state index is 2.53. The molecular formula is C14H31N3. The second kappa shape index (κ2) is 4.22. The zero-order valence-corrected chi connectivity index (χ0v) is 13.3. The third-order valence-corrected chi connectivity index (χ3v) is 4.69. The van der Waals surface area contributed by atoms with E-state index in [0.717, 1.165) is 13.0 Å². The maximum absolute atomic E-state index is 2.53. The van der Waals surface area contributed by atoms with Gasteiger partial charge in [0.25, 0.3) is 0 Å². The van der Waals surface area contributed by atoms with E-state index in [1.54, 1.807) is 0 Å². The van der Waals surface area contributed by atoms with Crippen molar-refractivity contribution in [3.05, 3.63) is 0 Å². The number of nitrogens with zero attached hydrogens (tertiary/aromatic N) is 3. The molecule has 0 bridgehead atoms. The second-order valence-electron chi connectivity index (χ2n) is 7.51. The Kier molecular flexibility index (Phi) is 3.70. The highest BCUT2D eigenvalue weighted by molar-refractivity contribution is 4.99. The van der Waals surface area contributed by atoms with Gasteiger partial charge in [0.2, 0.25) is 0 Å². The summed E-state index contributed by atoms with van der Waals surface area (Å²) in [5.74, 6) is 0. The first-order chi connectivity index (χ1) is 7.40. The summed E-state index contributed by atoms with van der Waals surface area (Å²) in [4.78, 5) is 2.53. The lowest BCUT2D eigenvalue weighted by Gasteiger charge is -2.56. The first-order valence-corrected chi connectivity index (χ1v) is 6.59. The standard InChI is InChI=1S/C14H31N3/c1-12(2)10-13(3,4)17(9)15(7)11-14(5,6)16(12)8/h10-11H2,1-9H3. The minimum Gasteiger partial charge on any atom is -0.295 e. The average Bonchev–Trinajstić information content (AvgIpc) is 2.11. The van der Waals surface area contributed by atoms with Crippen molar-refractivity contribution in [3.8, 4) is 0 Å². The monoisotopic (exact) mass is 241 g/mol. The predicted molar refractivity (Wildman–Crippen MR) is 75.0 cm³/mol. The molecule has 0 radical (unpaired) electrons. The molecule has 1 aliphatic rings. The summed E-state index contributed by atoms with van der Waals surface area (Å²) in [5, 5.41) is 4.75. The number of hydrogen-bond acceptors (Lipinski definition) is 3. The van der Waals surface area contributed by atoms with Gasteiger partial charge in [0.1, 0.15) is 0 Å². The molecule has 17 heavy (non-hydrogen) atoms. The quantitative estimate of drug-likeness (QED) is 0.645. The van der Waals surface area contributed by atoms with Gasteiger partial charge in [-0.1, -0.05) is 0 Å². The molecule has 0 unspecified atom stereocenters. The number of hydrogen-bond donors (Lipinski definition) is 0. The van der Waals surface area contributed by atoms with E-state index in [2.05, 4.69) is 77.6 Å². The van der Waals surface area contributed by atoms with E-state index in [-0.39, 0.29) is 16.6 Å². The summed E-state index contributed by atoms with van der Waals surface area (Å²) >= 11 is 0. The van der Waals surface area contributed by atoms with E-state index in [1.165, 1.54) is 0 Å². The van der Waals surface area contributed by atoms with Gasteiger partial charge in [-0.2, -0.15) is 0 Å². The van der Waals surface area contributed by atoms with Crippen LogP contribution in [0.15, 0.2) is 0 Å². The Morgan fingerprint density at radius 2 is 1.18 bits per heavy atom. The van der Waals surface area contributed by atoms with Crippen LogP contribution in [0.4, 0.5) is 0 Å². The van der Waals surface area contributed by atoms with Crippen molar-refractivity contribution >= 4 is 0 Å². The largest absolute Gasteiger partial charge is 0.295 e. The SMILES string of the molecule is CN1CC(C)(C)N(C)C(C)(C)CC(C)(C)N1C. The van der Waals surface area contributed by atoms with Crippen LogP contribution in [0.1, 0.15) is 48.0 Å². The smallest absolute Gasteiger partial charge is 0.0314 e. The van der Waals surface area contributed by atoms with Gasteiger partial charge < -0.3 is 0 Å². The molecule has 1 fully saturated rings. The first-order valence-electron chi connectivity index (χ1n) is 6.59. The maximum Gasteiger partial charge on any atom is 0.0314 e. The zero-order chi connectivity index (χ0) is 13.6. The Morgan fingerprint density at radius 3 is 1.65 bits per heavy atom. The lowest BCUT2D eigenvalue weighted by Crippen LogP contribution is -2.66. The predicted octanol–water partition coefficient (Wildman–Crippen LogP) is 2.44. The number of hydrazine groups is 1. The van der Waals surface area contributed by atoms with Gasteiger partial charge in [-0.05, 0) is 55.0 Å². The lowest BCUT2D eigenvalue weighted by atomic mass is 9.81. The molecule has 0 spiro atoms. The Bertz CT molecular complexity index is 279. The van der Waals surface area contributed by atoms with Crippen LogP contribution < -0.4 is 0 Å². The molecule has 0 atom stereocenters. The minimum atomic E-state index is 0.184. The van der Waals surface area contributed by atoms with Gasteiger partial charge in [-0.15, -0.1) is 0 Å². The Morgan fingerprint density at radius 1 is 0.706 bits per heavy atom. The van der Waals surface area contributed by atoms with Crippen molar-refractivity contribution in [1.29, 1.82) is 0 Å². The number of likely N-dealkylation sites (N-methyl/N-ethyl adjacent to an activating group) is 2. The van der Waals surface area contributed by atoms with Crippen LogP contribution in [0.25, 0.3) is 0 Å². The highest BCUT2D eigenvalue weighted by atomic mass is 15.6. The Hall–Kier alpha value is -0.120. The van der Waals surface area contributed by atoms with Crippen LogP contribution in [0, 0.1) is 0 Å². The summed E-state index contributed by atoms with van der Waals surface area (Å²) < 4.78 is 0. The Balaban J connectivity index is 3.12. The molecule has 1 rings (SSSR count). The van der Waals surface area contributed by atoms with E-state index in [1.807, 2.05) is 0 Å². The third kappa shape index (κ3) is 2.83. The molecule has 0 saturated carbocycles. The summed E-state index contributed by atoms with van der Waals surface area (Å²) in [7, 11) is 6.66. The van der Waals surface area contributed by atoms with Crippen molar-refractivity contribution in [2.75, 3.05) is 27.7 Å². The van der Waals surface area contributed by atoms with Crippen LogP contribution in [-0.2, 0) is 0 Å². The highest BCUT2D eigenvalue weighted by Crippen LogP contribution is 2.36. The summed E-state index contributed by atoms with van der Waals surface area (Å²) in [5.41, 5.74) is 0.578. The van der Waals surface area contributed by atoms with E-state index in [4.69, 9.17) is 0 Å². The minimum absolute atomic E-state index is 0.184. The fraction of sp³-hybridized carbons (Fsp3) is 1.00. The second-order valence-corrected chi connectivity index (χ2v) is 7.51. The summed E-state index contributed by atoms with van der Waals surface area (Å²) in [6.45, 7) is 15.1. The molecule has 3 nitrogen and oxygen atoms in total. The van der Waals surface area contributed by atoms with Gasteiger partial charge in [0.15, 0.2) is 0 Å². The molecule has 0 aromatic rings. The van der Waals surface area contributed by atoms with Gasteiger partial charge in [0, 0.05) is 37.3 Å². The van der Waals surface area contributed by atoms with E-state index in [0.29, 0.717) is 0 Å². The molecule has 1 saturated heterocycles. The van der Waals surface area contributed by atoms with Crippen molar-refractivity contribution < 1.29 is 0 Å². The van der Waals surface area contributed by atoms with Gasteiger partial charge >= 0.3 is 0 Å². The normalized spacial score (nSPS) is 30.9. The van der Waals surface area contributed by atoms with Crippen LogP contribution in [0.3, 0.4) is 0 Å². The van der Waals surface area contributed by atoms with Crippen LogP contribution in [0.5, 0.6) is 0 Å². The molecule has 0 amide bonds. The van der Waals surface area contributed by atoms with Gasteiger partial charge in [0.05, 0.1) is 0 Å². The van der Waals surface area contributed by atoms with Crippen LogP contribution in [-0.4, -0.2) is 59.2 Å². The zero-order valence-electron chi connectivity index (χ0n) is 13.3. The van der Waals surface area contributed by atoms with E-state index >= 15 is 0 Å². The van der Waals surface area contributed by atoms with Crippen LogP contribution in [0.2, 0.25) is 0 Å². The third-order valence-electron chi connectivity index (χ3n) is 4.69.